The van der Waals surface area contributed by atoms with Gasteiger partial charge in [-0.15, -0.1) is 0 Å². The molecule has 4 rings (SSSR count). The van der Waals surface area contributed by atoms with Crippen LogP contribution in [0.1, 0.15) is 42.5 Å². The number of aromatic nitrogens is 2. The second-order valence-electron chi connectivity index (χ2n) is 7.83. The van der Waals surface area contributed by atoms with Crippen molar-refractivity contribution in [3.8, 4) is 0 Å². The van der Waals surface area contributed by atoms with Crippen LogP contribution >= 0.6 is 0 Å². The Morgan fingerprint density at radius 3 is 2.55 bits per heavy atom. The molecule has 2 aromatic rings. The van der Waals surface area contributed by atoms with Crippen LogP contribution in [0.4, 0.5) is 5.82 Å². The molecule has 0 aliphatic carbocycles. The highest BCUT2D eigenvalue weighted by molar-refractivity contribution is 5.96. The number of likely N-dealkylation sites (tertiary alicyclic amines) is 1. The minimum atomic E-state index is -0.207. The smallest absolute Gasteiger partial charge is 0.251 e. The molecule has 0 bridgehead atoms. The van der Waals surface area contributed by atoms with Gasteiger partial charge in [-0.25, -0.2) is 4.98 Å². The van der Waals surface area contributed by atoms with Gasteiger partial charge >= 0.3 is 0 Å². The van der Waals surface area contributed by atoms with E-state index in [1.807, 2.05) is 23.1 Å². The van der Waals surface area contributed by atoms with E-state index in [9.17, 15) is 9.59 Å². The SMILES string of the molecule is O=C(NCC(=O)N1CCC[C@@]12CCCN(c1cnccn1)CC2)c1ccccc1. The molecule has 1 atom stereocenters. The van der Waals surface area contributed by atoms with Crippen LogP contribution in [0.25, 0.3) is 0 Å². The fourth-order valence-corrected chi connectivity index (χ4v) is 4.65. The highest BCUT2D eigenvalue weighted by Crippen LogP contribution is 2.38. The second-order valence-corrected chi connectivity index (χ2v) is 7.83. The zero-order valence-electron chi connectivity index (χ0n) is 16.6. The van der Waals surface area contributed by atoms with Crippen molar-refractivity contribution in [1.29, 1.82) is 0 Å². The highest BCUT2D eigenvalue weighted by Gasteiger charge is 2.44. The number of carbonyl (C=O) groups is 2. The van der Waals surface area contributed by atoms with Crippen molar-refractivity contribution >= 4 is 17.6 Å². The monoisotopic (exact) mass is 393 g/mol. The largest absolute Gasteiger partial charge is 0.355 e. The fourth-order valence-electron chi connectivity index (χ4n) is 4.65. The third-order valence-corrected chi connectivity index (χ3v) is 6.12. The van der Waals surface area contributed by atoms with Crippen molar-refractivity contribution < 1.29 is 9.59 Å². The lowest BCUT2D eigenvalue weighted by Gasteiger charge is -2.38. The normalized spacial score (nSPS) is 21.8. The van der Waals surface area contributed by atoms with Gasteiger partial charge in [0.1, 0.15) is 5.82 Å². The molecule has 1 spiro atoms. The summed E-state index contributed by atoms with van der Waals surface area (Å²) in [6.45, 7) is 2.60. The summed E-state index contributed by atoms with van der Waals surface area (Å²) < 4.78 is 0. The van der Waals surface area contributed by atoms with Gasteiger partial charge < -0.3 is 15.1 Å². The van der Waals surface area contributed by atoms with E-state index >= 15 is 0 Å². The molecule has 2 fully saturated rings. The minimum Gasteiger partial charge on any atom is -0.355 e. The Morgan fingerprint density at radius 1 is 1.00 bits per heavy atom. The molecule has 0 saturated carbocycles. The van der Waals surface area contributed by atoms with Crippen molar-refractivity contribution in [3.05, 3.63) is 54.5 Å². The molecule has 2 aliphatic rings. The number of rotatable bonds is 4. The van der Waals surface area contributed by atoms with Crippen molar-refractivity contribution in [2.24, 2.45) is 0 Å². The van der Waals surface area contributed by atoms with E-state index in [1.165, 1.54) is 0 Å². The number of nitrogens with one attached hydrogen (secondary N) is 1. The van der Waals surface area contributed by atoms with Crippen LogP contribution < -0.4 is 10.2 Å². The third kappa shape index (κ3) is 4.23. The molecular weight excluding hydrogens is 366 g/mol. The molecule has 2 aliphatic heterocycles. The van der Waals surface area contributed by atoms with Gasteiger partial charge in [-0.2, -0.15) is 0 Å². The minimum absolute atomic E-state index is 0.0136. The standard InChI is InChI=1S/C22H27N5O2/c28-20(17-25-21(29)18-6-2-1-3-7-18)27-14-5-9-22(27)8-4-13-26(15-10-22)19-16-23-11-12-24-19/h1-3,6-7,11-12,16H,4-5,8-10,13-15,17H2,(H,25,29)/t22-/m1/s1. The summed E-state index contributed by atoms with van der Waals surface area (Å²) in [5.41, 5.74) is 0.469. The molecule has 7 heteroatoms. The zero-order chi connectivity index (χ0) is 20.1. The number of carbonyl (C=O) groups excluding carboxylic acids is 2. The summed E-state index contributed by atoms with van der Waals surface area (Å²) in [6.07, 6.45) is 10.2. The predicted molar refractivity (Wildman–Crippen MR) is 111 cm³/mol. The van der Waals surface area contributed by atoms with Gasteiger partial charge in [0.15, 0.2) is 0 Å². The topological polar surface area (TPSA) is 78.4 Å². The van der Waals surface area contributed by atoms with E-state index in [1.54, 1.807) is 30.7 Å². The Hall–Kier alpha value is -2.96. The Bertz CT molecular complexity index is 845. The Balaban J connectivity index is 1.39. The van der Waals surface area contributed by atoms with Gasteiger partial charge in [-0.3, -0.25) is 14.6 Å². The maximum atomic E-state index is 13.0. The molecule has 7 nitrogen and oxygen atoms in total. The molecule has 3 heterocycles. The van der Waals surface area contributed by atoms with E-state index in [4.69, 9.17) is 0 Å². The summed E-state index contributed by atoms with van der Waals surface area (Å²) in [5.74, 6) is 0.706. The quantitative estimate of drug-likeness (QED) is 0.862. The molecule has 1 aromatic heterocycles. The van der Waals surface area contributed by atoms with Gasteiger partial charge in [-0.1, -0.05) is 18.2 Å². The summed E-state index contributed by atoms with van der Waals surface area (Å²) in [4.78, 5) is 38.2. The summed E-state index contributed by atoms with van der Waals surface area (Å²) in [5, 5.41) is 2.79. The average molecular weight is 393 g/mol. The maximum absolute atomic E-state index is 13.0. The van der Waals surface area contributed by atoms with Crippen molar-refractivity contribution in [3.63, 3.8) is 0 Å². The highest BCUT2D eigenvalue weighted by atomic mass is 16.2. The lowest BCUT2D eigenvalue weighted by Crippen LogP contribution is -2.51. The molecular formula is C22H27N5O2. The average Bonchev–Trinajstić information content (AvgIpc) is 3.06. The van der Waals surface area contributed by atoms with Crippen LogP contribution in [0.2, 0.25) is 0 Å². The molecule has 1 N–H and O–H groups in total. The number of benzene rings is 1. The molecule has 2 saturated heterocycles. The second kappa shape index (κ2) is 8.59. The van der Waals surface area contributed by atoms with Gasteiger partial charge in [0.05, 0.1) is 12.7 Å². The van der Waals surface area contributed by atoms with Gasteiger partial charge in [0.25, 0.3) is 5.91 Å². The number of nitrogens with zero attached hydrogens (tertiary/aromatic N) is 4. The van der Waals surface area contributed by atoms with Gasteiger partial charge in [0.2, 0.25) is 5.91 Å². The maximum Gasteiger partial charge on any atom is 0.251 e. The van der Waals surface area contributed by atoms with E-state index < -0.39 is 0 Å². The van der Waals surface area contributed by atoms with Crippen molar-refractivity contribution in [1.82, 2.24) is 20.2 Å². The summed E-state index contributed by atoms with van der Waals surface area (Å²) in [7, 11) is 0. The number of amides is 2. The third-order valence-electron chi connectivity index (χ3n) is 6.12. The first kappa shape index (κ1) is 19.4. The van der Waals surface area contributed by atoms with Crippen LogP contribution in [0.5, 0.6) is 0 Å². The van der Waals surface area contributed by atoms with Crippen LogP contribution in [-0.4, -0.2) is 58.4 Å². The van der Waals surface area contributed by atoms with E-state index in [0.717, 1.165) is 57.6 Å². The molecule has 152 valence electrons. The molecule has 0 radical (unpaired) electrons. The molecule has 29 heavy (non-hydrogen) atoms. The summed E-state index contributed by atoms with van der Waals surface area (Å²) >= 11 is 0. The van der Waals surface area contributed by atoms with E-state index in [2.05, 4.69) is 20.2 Å². The van der Waals surface area contributed by atoms with E-state index in [-0.39, 0.29) is 23.9 Å². The molecule has 2 amide bonds. The lowest BCUT2D eigenvalue weighted by molar-refractivity contribution is -0.134. The van der Waals surface area contributed by atoms with Crippen LogP contribution in [0, 0.1) is 0 Å². The first-order chi connectivity index (χ1) is 14.2. The number of hydrogen-bond acceptors (Lipinski definition) is 5. The first-order valence-electron chi connectivity index (χ1n) is 10.3. The van der Waals surface area contributed by atoms with Gasteiger partial charge in [-0.05, 0) is 44.2 Å². The lowest BCUT2D eigenvalue weighted by atomic mass is 9.87. The van der Waals surface area contributed by atoms with Crippen molar-refractivity contribution in [2.75, 3.05) is 31.1 Å². The van der Waals surface area contributed by atoms with Crippen LogP contribution in [0.15, 0.2) is 48.9 Å². The fraction of sp³-hybridized carbons (Fsp3) is 0.455. The predicted octanol–water partition coefficient (Wildman–Crippen LogP) is 2.26. The Morgan fingerprint density at radius 2 is 1.79 bits per heavy atom. The Kier molecular flexibility index (Phi) is 5.74. The van der Waals surface area contributed by atoms with Crippen molar-refractivity contribution in [2.45, 2.75) is 37.6 Å². The van der Waals surface area contributed by atoms with Crippen LogP contribution in [-0.2, 0) is 4.79 Å². The van der Waals surface area contributed by atoms with Crippen LogP contribution in [0.3, 0.4) is 0 Å². The van der Waals surface area contributed by atoms with Gasteiger partial charge in [0, 0.05) is 43.1 Å². The molecule has 0 unspecified atom stereocenters. The van der Waals surface area contributed by atoms with E-state index in [0.29, 0.717) is 5.56 Å². The number of anilines is 1. The number of hydrogen-bond donors (Lipinski definition) is 1. The first-order valence-corrected chi connectivity index (χ1v) is 10.3. The molecule has 1 aromatic carbocycles. The Labute approximate surface area is 171 Å². The summed E-state index contributed by atoms with van der Waals surface area (Å²) in [6, 6.07) is 9.01. The zero-order valence-corrected chi connectivity index (χ0v) is 16.6.